The standard InChI is InChI=1S/C29H25N5O7S/c35-28(20-33(26-13-7-8-14-27(26)34(37)38)42(39,40)25-11-5-2-6-12-25)32-30-19-22-15-17-24(18-16-22)41-21-29(36)31-23-9-3-1-4-10-23/h1-19H,20-21H2,(H,31,36)(H,32,35)/b30-19-. The van der Waals surface area contributed by atoms with Gasteiger partial charge in [0.1, 0.15) is 18.0 Å². The van der Waals surface area contributed by atoms with Crippen molar-refractivity contribution >= 4 is 45.1 Å². The van der Waals surface area contributed by atoms with E-state index >= 15 is 0 Å². The molecule has 0 unspecified atom stereocenters. The highest BCUT2D eigenvalue weighted by Gasteiger charge is 2.31. The third-order valence-corrected chi connectivity index (χ3v) is 7.45. The fourth-order valence-electron chi connectivity index (χ4n) is 3.71. The van der Waals surface area contributed by atoms with Gasteiger partial charge in [-0.1, -0.05) is 48.5 Å². The van der Waals surface area contributed by atoms with Gasteiger partial charge in [-0.05, 0) is 60.2 Å². The van der Waals surface area contributed by atoms with Gasteiger partial charge in [0.15, 0.2) is 6.61 Å². The van der Waals surface area contributed by atoms with Crippen molar-refractivity contribution in [2.45, 2.75) is 4.90 Å². The normalized spacial score (nSPS) is 11.0. The molecule has 0 aliphatic heterocycles. The Bertz CT molecular complexity index is 1680. The van der Waals surface area contributed by atoms with E-state index in [0.717, 1.165) is 6.07 Å². The van der Waals surface area contributed by atoms with Crippen LogP contribution in [0.5, 0.6) is 5.75 Å². The second-order valence-electron chi connectivity index (χ2n) is 8.64. The number of sulfonamides is 1. The van der Waals surface area contributed by atoms with Crippen molar-refractivity contribution in [3.8, 4) is 5.75 Å². The number of carbonyl (C=O) groups is 2. The minimum absolute atomic E-state index is 0.140. The number of hydrogen-bond donors (Lipinski definition) is 2. The van der Waals surface area contributed by atoms with Crippen LogP contribution in [0.15, 0.2) is 119 Å². The molecule has 0 spiro atoms. The molecule has 42 heavy (non-hydrogen) atoms. The van der Waals surface area contributed by atoms with Crippen LogP contribution in [0.4, 0.5) is 17.1 Å². The van der Waals surface area contributed by atoms with Gasteiger partial charge in [0.2, 0.25) is 0 Å². The first-order valence-electron chi connectivity index (χ1n) is 12.4. The lowest BCUT2D eigenvalue weighted by Crippen LogP contribution is -2.39. The van der Waals surface area contributed by atoms with Gasteiger partial charge in [-0.2, -0.15) is 5.10 Å². The molecule has 12 nitrogen and oxygen atoms in total. The lowest BCUT2D eigenvalue weighted by Gasteiger charge is -2.23. The maximum atomic E-state index is 13.4. The number of nitrogens with zero attached hydrogens (tertiary/aromatic N) is 3. The molecule has 0 aliphatic carbocycles. The molecule has 0 heterocycles. The Balaban J connectivity index is 1.39. The van der Waals surface area contributed by atoms with Crippen LogP contribution in [0.2, 0.25) is 0 Å². The van der Waals surface area contributed by atoms with Crippen molar-refractivity contribution in [2.75, 3.05) is 22.8 Å². The van der Waals surface area contributed by atoms with Crippen LogP contribution >= 0.6 is 0 Å². The van der Waals surface area contributed by atoms with Gasteiger partial charge in [-0.15, -0.1) is 0 Å². The molecule has 4 aromatic carbocycles. The van der Waals surface area contributed by atoms with Gasteiger partial charge < -0.3 is 10.1 Å². The van der Waals surface area contributed by atoms with Crippen LogP contribution in [0.1, 0.15) is 5.56 Å². The number of carbonyl (C=O) groups excluding carboxylic acids is 2. The molecule has 0 atom stereocenters. The van der Waals surface area contributed by atoms with Crippen LogP contribution < -0.4 is 19.8 Å². The number of ether oxygens (including phenoxy) is 1. The highest BCUT2D eigenvalue weighted by Crippen LogP contribution is 2.31. The van der Waals surface area contributed by atoms with E-state index in [4.69, 9.17) is 4.74 Å². The van der Waals surface area contributed by atoms with Crippen molar-refractivity contribution < 1.29 is 27.7 Å². The predicted molar refractivity (Wildman–Crippen MR) is 157 cm³/mol. The van der Waals surface area contributed by atoms with E-state index in [2.05, 4.69) is 15.8 Å². The summed E-state index contributed by atoms with van der Waals surface area (Å²) in [6.07, 6.45) is 1.32. The summed E-state index contributed by atoms with van der Waals surface area (Å²) in [6, 6.07) is 28.0. The zero-order chi connectivity index (χ0) is 30.0. The van der Waals surface area contributed by atoms with Crippen molar-refractivity contribution in [1.29, 1.82) is 0 Å². The molecule has 0 bridgehead atoms. The number of hydrazone groups is 1. The number of para-hydroxylation sites is 3. The van der Waals surface area contributed by atoms with E-state index in [9.17, 15) is 28.1 Å². The van der Waals surface area contributed by atoms with Gasteiger partial charge >= 0.3 is 0 Å². The molecular weight excluding hydrogens is 562 g/mol. The topological polar surface area (TPSA) is 160 Å². The van der Waals surface area contributed by atoms with Crippen molar-refractivity contribution in [3.63, 3.8) is 0 Å². The number of benzene rings is 4. The zero-order valence-electron chi connectivity index (χ0n) is 22.0. The third-order valence-electron chi connectivity index (χ3n) is 5.68. The highest BCUT2D eigenvalue weighted by molar-refractivity contribution is 7.92. The molecule has 4 aromatic rings. The van der Waals surface area contributed by atoms with Crippen molar-refractivity contribution in [2.24, 2.45) is 5.10 Å². The maximum Gasteiger partial charge on any atom is 0.293 e. The number of hydrogen-bond acceptors (Lipinski definition) is 8. The van der Waals surface area contributed by atoms with E-state index < -0.39 is 33.1 Å². The number of nitro groups is 1. The average Bonchev–Trinajstić information content (AvgIpc) is 3.00. The summed E-state index contributed by atoms with van der Waals surface area (Å²) >= 11 is 0. The summed E-state index contributed by atoms with van der Waals surface area (Å²) in [5.41, 5.74) is 2.74. The number of anilines is 2. The molecular formula is C29H25N5O7S. The highest BCUT2D eigenvalue weighted by atomic mass is 32.2. The summed E-state index contributed by atoms with van der Waals surface area (Å²) in [6.45, 7) is -0.961. The Morgan fingerprint density at radius 3 is 2.14 bits per heavy atom. The summed E-state index contributed by atoms with van der Waals surface area (Å²) in [5, 5.41) is 18.2. The number of amides is 2. The summed E-state index contributed by atoms with van der Waals surface area (Å²) in [7, 11) is -4.34. The van der Waals surface area contributed by atoms with Gasteiger partial charge in [0.05, 0.1) is 16.0 Å². The van der Waals surface area contributed by atoms with Gasteiger partial charge in [-0.25, -0.2) is 18.1 Å². The Morgan fingerprint density at radius 1 is 0.857 bits per heavy atom. The minimum Gasteiger partial charge on any atom is -0.484 e. The van der Waals surface area contributed by atoms with E-state index in [1.165, 1.54) is 48.7 Å². The quantitative estimate of drug-likeness (QED) is 0.144. The smallest absolute Gasteiger partial charge is 0.293 e. The Kier molecular flexibility index (Phi) is 9.58. The molecule has 0 fully saturated rings. The van der Waals surface area contributed by atoms with Crippen molar-refractivity contribution in [1.82, 2.24) is 5.43 Å². The van der Waals surface area contributed by atoms with Crippen LogP contribution in [0.3, 0.4) is 0 Å². The van der Waals surface area contributed by atoms with E-state index in [-0.39, 0.29) is 23.1 Å². The summed E-state index contributed by atoms with van der Waals surface area (Å²) in [5.74, 6) is -0.711. The number of nitrogens with one attached hydrogen (secondary N) is 2. The Morgan fingerprint density at radius 2 is 1.48 bits per heavy atom. The van der Waals surface area contributed by atoms with Crippen molar-refractivity contribution in [3.05, 3.63) is 125 Å². The number of rotatable bonds is 12. The first kappa shape index (κ1) is 29.4. The predicted octanol–water partition coefficient (Wildman–Crippen LogP) is 3.96. The minimum atomic E-state index is -4.34. The lowest BCUT2D eigenvalue weighted by molar-refractivity contribution is -0.384. The molecule has 13 heteroatoms. The maximum absolute atomic E-state index is 13.4. The third kappa shape index (κ3) is 7.76. The second-order valence-corrected chi connectivity index (χ2v) is 10.5. The fraction of sp³-hybridized carbons (Fsp3) is 0.0690. The van der Waals surface area contributed by atoms with E-state index in [0.29, 0.717) is 21.3 Å². The largest absolute Gasteiger partial charge is 0.484 e. The Labute approximate surface area is 241 Å². The number of nitro benzene ring substituents is 1. The Hall–Kier alpha value is -5.56. The van der Waals surface area contributed by atoms with Gasteiger partial charge in [0.25, 0.3) is 27.5 Å². The molecule has 2 N–H and O–H groups in total. The second kappa shape index (κ2) is 13.7. The molecule has 0 saturated heterocycles. The molecule has 2 amide bonds. The van der Waals surface area contributed by atoms with Gasteiger partial charge in [-0.3, -0.25) is 19.7 Å². The van der Waals surface area contributed by atoms with E-state index in [1.54, 1.807) is 54.6 Å². The molecule has 214 valence electrons. The lowest BCUT2D eigenvalue weighted by atomic mass is 10.2. The van der Waals surface area contributed by atoms with Crippen LogP contribution in [0.25, 0.3) is 0 Å². The summed E-state index contributed by atoms with van der Waals surface area (Å²) < 4.78 is 33.0. The van der Waals surface area contributed by atoms with Crippen LogP contribution in [0, 0.1) is 10.1 Å². The zero-order valence-corrected chi connectivity index (χ0v) is 22.8. The average molecular weight is 588 g/mol. The summed E-state index contributed by atoms with van der Waals surface area (Å²) in [4.78, 5) is 35.5. The monoisotopic (exact) mass is 587 g/mol. The van der Waals surface area contributed by atoms with Crippen LogP contribution in [-0.4, -0.2) is 44.5 Å². The van der Waals surface area contributed by atoms with Gasteiger partial charge in [0, 0.05) is 11.8 Å². The molecule has 0 radical (unpaired) electrons. The fourth-order valence-corrected chi connectivity index (χ4v) is 5.17. The van der Waals surface area contributed by atoms with E-state index in [1.807, 2.05) is 6.07 Å². The first-order valence-corrected chi connectivity index (χ1v) is 13.9. The van der Waals surface area contributed by atoms with Crippen LogP contribution in [-0.2, 0) is 19.6 Å². The first-order chi connectivity index (χ1) is 20.2. The molecule has 0 aliphatic rings. The molecule has 0 saturated carbocycles. The SMILES string of the molecule is O=C(CN(c1ccccc1[N+](=O)[O-])S(=O)(=O)c1ccccc1)N/N=C\c1ccc(OCC(=O)Nc2ccccc2)cc1. The molecule has 0 aromatic heterocycles. The molecule has 4 rings (SSSR count).